The van der Waals surface area contributed by atoms with Crippen molar-refractivity contribution in [3.63, 3.8) is 0 Å². The van der Waals surface area contributed by atoms with Crippen molar-refractivity contribution in [2.45, 2.75) is 32.7 Å². The number of hydrogen-bond acceptors (Lipinski definition) is 2. The average Bonchev–Trinajstić information content (AvgIpc) is 2.56. The molecule has 0 saturated heterocycles. The Bertz CT molecular complexity index is 354. The summed E-state index contributed by atoms with van der Waals surface area (Å²) in [4.78, 5) is 0. The second-order valence-electron chi connectivity index (χ2n) is 3.30. The Morgan fingerprint density at radius 3 is 2.93 bits per heavy atom. The standard InChI is InChI=1S/C11H17N3/c1-4-6-7-10(12)9-8-14(3)13-11(9)5-2/h8,10H,5,7,12H2,1-3H3. The lowest BCUT2D eigenvalue weighted by Gasteiger charge is -2.06. The molecule has 3 heteroatoms. The van der Waals surface area contributed by atoms with E-state index in [-0.39, 0.29) is 6.04 Å². The second kappa shape index (κ2) is 4.83. The fourth-order valence-corrected chi connectivity index (χ4v) is 1.46. The van der Waals surface area contributed by atoms with E-state index in [0.29, 0.717) is 6.42 Å². The largest absolute Gasteiger partial charge is 0.323 e. The Labute approximate surface area is 85.3 Å². The molecule has 0 aromatic carbocycles. The average molecular weight is 191 g/mol. The first-order chi connectivity index (χ1) is 6.69. The molecule has 1 atom stereocenters. The van der Waals surface area contributed by atoms with Crippen LogP contribution in [0.4, 0.5) is 0 Å². The molecule has 14 heavy (non-hydrogen) atoms. The summed E-state index contributed by atoms with van der Waals surface area (Å²) >= 11 is 0. The summed E-state index contributed by atoms with van der Waals surface area (Å²) in [6, 6.07) is -0.00824. The van der Waals surface area contributed by atoms with Gasteiger partial charge in [0.05, 0.1) is 5.69 Å². The van der Waals surface area contributed by atoms with Gasteiger partial charge in [-0.15, -0.1) is 11.8 Å². The maximum Gasteiger partial charge on any atom is 0.0669 e. The quantitative estimate of drug-likeness (QED) is 0.734. The third-order valence-electron chi connectivity index (χ3n) is 2.17. The lowest BCUT2D eigenvalue weighted by atomic mass is 10.0. The van der Waals surface area contributed by atoms with Gasteiger partial charge in [0.15, 0.2) is 0 Å². The van der Waals surface area contributed by atoms with Gasteiger partial charge < -0.3 is 5.73 Å². The number of aryl methyl sites for hydroxylation is 2. The van der Waals surface area contributed by atoms with E-state index in [1.54, 1.807) is 0 Å². The van der Waals surface area contributed by atoms with Crippen LogP contribution in [0.3, 0.4) is 0 Å². The molecule has 2 N–H and O–H groups in total. The van der Waals surface area contributed by atoms with Crippen LogP contribution < -0.4 is 5.73 Å². The van der Waals surface area contributed by atoms with E-state index >= 15 is 0 Å². The van der Waals surface area contributed by atoms with Gasteiger partial charge in [-0.1, -0.05) is 6.92 Å². The van der Waals surface area contributed by atoms with Gasteiger partial charge in [0.25, 0.3) is 0 Å². The molecule has 3 nitrogen and oxygen atoms in total. The number of nitrogens with zero attached hydrogens (tertiary/aromatic N) is 2. The van der Waals surface area contributed by atoms with Crippen LogP contribution in [0.2, 0.25) is 0 Å². The number of rotatable bonds is 3. The lowest BCUT2D eigenvalue weighted by Crippen LogP contribution is -2.10. The molecule has 0 saturated carbocycles. The van der Waals surface area contributed by atoms with Crippen LogP contribution in [-0.2, 0) is 13.5 Å². The maximum atomic E-state index is 6.01. The third-order valence-corrected chi connectivity index (χ3v) is 2.17. The van der Waals surface area contributed by atoms with Crippen molar-refractivity contribution >= 4 is 0 Å². The summed E-state index contributed by atoms with van der Waals surface area (Å²) in [6.45, 7) is 3.92. The Hall–Kier alpha value is -1.27. The summed E-state index contributed by atoms with van der Waals surface area (Å²) in [7, 11) is 1.92. The first-order valence-corrected chi connectivity index (χ1v) is 4.86. The number of hydrogen-bond donors (Lipinski definition) is 1. The molecule has 1 unspecified atom stereocenters. The van der Waals surface area contributed by atoms with Crippen molar-refractivity contribution in [1.82, 2.24) is 9.78 Å². The second-order valence-corrected chi connectivity index (χ2v) is 3.30. The summed E-state index contributed by atoms with van der Waals surface area (Å²) in [6.07, 6.45) is 3.61. The van der Waals surface area contributed by atoms with Gasteiger partial charge in [0.2, 0.25) is 0 Å². The Morgan fingerprint density at radius 2 is 2.36 bits per heavy atom. The fourth-order valence-electron chi connectivity index (χ4n) is 1.46. The molecule has 1 aromatic rings. The van der Waals surface area contributed by atoms with Crippen LogP contribution in [0.25, 0.3) is 0 Å². The summed E-state index contributed by atoms with van der Waals surface area (Å²) in [5.74, 6) is 5.85. The molecule has 1 heterocycles. The van der Waals surface area contributed by atoms with Gasteiger partial charge in [-0.25, -0.2) is 0 Å². The van der Waals surface area contributed by atoms with Crippen LogP contribution in [-0.4, -0.2) is 9.78 Å². The molecular weight excluding hydrogens is 174 g/mol. The van der Waals surface area contributed by atoms with Gasteiger partial charge in [0, 0.05) is 31.3 Å². The minimum Gasteiger partial charge on any atom is -0.323 e. The predicted molar refractivity (Wildman–Crippen MR) is 57.6 cm³/mol. The van der Waals surface area contributed by atoms with Crippen molar-refractivity contribution in [2.24, 2.45) is 12.8 Å². The topological polar surface area (TPSA) is 43.8 Å². The van der Waals surface area contributed by atoms with Crippen LogP contribution >= 0.6 is 0 Å². The van der Waals surface area contributed by atoms with Crippen molar-refractivity contribution < 1.29 is 0 Å². The van der Waals surface area contributed by atoms with E-state index in [1.807, 2.05) is 24.9 Å². The van der Waals surface area contributed by atoms with Crippen LogP contribution in [0, 0.1) is 11.8 Å². The molecule has 0 aliphatic rings. The van der Waals surface area contributed by atoms with Crippen LogP contribution in [0.1, 0.15) is 37.6 Å². The van der Waals surface area contributed by atoms with Crippen molar-refractivity contribution in [3.8, 4) is 11.8 Å². The van der Waals surface area contributed by atoms with Gasteiger partial charge in [-0.3, -0.25) is 4.68 Å². The van der Waals surface area contributed by atoms with E-state index in [0.717, 1.165) is 17.7 Å². The zero-order chi connectivity index (χ0) is 10.6. The Kier molecular flexibility index (Phi) is 3.73. The fraction of sp³-hybridized carbons (Fsp3) is 0.545. The zero-order valence-electron chi connectivity index (χ0n) is 9.04. The highest BCUT2D eigenvalue weighted by molar-refractivity contribution is 5.22. The smallest absolute Gasteiger partial charge is 0.0669 e. The van der Waals surface area contributed by atoms with E-state index in [9.17, 15) is 0 Å². The summed E-state index contributed by atoms with van der Waals surface area (Å²) < 4.78 is 1.81. The first kappa shape index (κ1) is 10.8. The van der Waals surface area contributed by atoms with Gasteiger partial charge in [-0.2, -0.15) is 5.10 Å². The highest BCUT2D eigenvalue weighted by atomic mass is 15.3. The Morgan fingerprint density at radius 1 is 1.64 bits per heavy atom. The number of aromatic nitrogens is 2. The minimum atomic E-state index is -0.00824. The molecule has 0 spiro atoms. The molecular formula is C11H17N3. The Balaban J connectivity index is 2.85. The SMILES string of the molecule is CC#CCC(N)c1cn(C)nc1CC. The van der Waals surface area contributed by atoms with Crippen molar-refractivity contribution in [2.75, 3.05) is 0 Å². The van der Waals surface area contributed by atoms with Gasteiger partial charge in [-0.05, 0) is 13.3 Å². The molecule has 0 radical (unpaired) electrons. The van der Waals surface area contributed by atoms with E-state index in [2.05, 4.69) is 23.9 Å². The van der Waals surface area contributed by atoms with Crippen molar-refractivity contribution in [1.29, 1.82) is 0 Å². The summed E-state index contributed by atoms with van der Waals surface area (Å²) in [5, 5.41) is 4.35. The predicted octanol–water partition coefficient (Wildman–Crippen LogP) is 1.40. The molecule has 0 aliphatic heterocycles. The molecule has 0 fully saturated rings. The summed E-state index contributed by atoms with van der Waals surface area (Å²) in [5.41, 5.74) is 8.22. The monoisotopic (exact) mass is 191 g/mol. The van der Waals surface area contributed by atoms with Crippen LogP contribution in [0.5, 0.6) is 0 Å². The molecule has 1 rings (SSSR count). The van der Waals surface area contributed by atoms with E-state index in [1.165, 1.54) is 0 Å². The van der Waals surface area contributed by atoms with E-state index < -0.39 is 0 Å². The highest BCUT2D eigenvalue weighted by Gasteiger charge is 2.12. The molecule has 1 aromatic heterocycles. The lowest BCUT2D eigenvalue weighted by molar-refractivity contribution is 0.741. The number of nitrogens with two attached hydrogens (primary N) is 1. The van der Waals surface area contributed by atoms with Crippen molar-refractivity contribution in [3.05, 3.63) is 17.5 Å². The maximum absolute atomic E-state index is 6.01. The first-order valence-electron chi connectivity index (χ1n) is 4.86. The third kappa shape index (κ3) is 2.36. The van der Waals surface area contributed by atoms with E-state index in [4.69, 9.17) is 5.73 Å². The van der Waals surface area contributed by atoms with Gasteiger partial charge in [0.1, 0.15) is 0 Å². The molecule has 0 bridgehead atoms. The molecule has 0 amide bonds. The normalized spacial score (nSPS) is 12.0. The van der Waals surface area contributed by atoms with Crippen LogP contribution in [0.15, 0.2) is 6.20 Å². The molecule has 76 valence electrons. The minimum absolute atomic E-state index is 0.00824. The highest BCUT2D eigenvalue weighted by Crippen LogP contribution is 2.17. The molecule has 0 aliphatic carbocycles. The van der Waals surface area contributed by atoms with Gasteiger partial charge >= 0.3 is 0 Å². The zero-order valence-corrected chi connectivity index (χ0v) is 9.04.